The van der Waals surface area contributed by atoms with Crippen LogP contribution in [0.25, 0.3) is 5.69 Å². The number of aromatic nitrogens is 3. The monoisotopic (exact) mass is 316 g/mol. The Labute approximate surface area is 140 Å². The smallest absolute Gasteiger partial charge is 0.162 e. The van der Waals surface area contributed by atoms with E-state index in [1.807, 2.05) is 49.5 Å². The molecule has 2 aromatic heterocycles. The first-order chi connectivity index (χ1) is 11.7. The minimum absolute atomic E-state index is 0.105. The summed E-state index contributed by atoms with van der Waals surface area (Å²) < 4.78 is 1.72. The maximum absolute atomic E-state index is 12.5. The highest BCUT2D eigenvalue weighted by molar-refractivity contribution is 5.89. The molecule has 0 saturated carbocycles. The molecule has 24 heavy (non-hydrogen) atoms. The minimum Gasteiger partial charge on any atom is -0.297 e. The molecule has 0 N–H and O–H groups in total. The van der Waals surface area contributed by atoms with Gasteiger partial charge in [0, 0.05) is 11.9 Å². The highest BCUT2D eigenvalue weighted by atomic mass is 16.1. The zero-order chi connectivity index (χ0) is 16.9. The Hall–Kier alpha value is -3.26. The Morgan fingerprint density at radius 1 is 1.17 bits per heavy atom. The van der Waals surface area contributed by atoms with Gasteiger partial charge in [-0.1, -0.05) is 24.3 Å². The van der Waals surface area contributed by atoms with E-state index in [4.69, 9.17) is 0 Å². The van der Waals surface area contributed by atoms with E-state index >= 15 is 0 Å². The van der Waals surface area contributed by atoms with Gasteiger partial charge in [0.25, 0.3) is 0 Å². The van der Waals surface area contributed by atoms with Crippen LogP contribution >= 0.6 is 0 Å². The van der Waals surface area contributed by atoms with Crippen LogP contribution in [0, 0.1) is 18.3 Å². The van der Waals surface area contributed by atoms with E-state index in [9.17, 15) is 10.1 Å². The van der Waals surface area contributed by atoms with Gasteiger partial charge in [0.2, 0.25) is 0 Å². The number of pyridine rings is 1. The third-order valence-electron chi connectivity index (χ3n) is 3.68. The maximum atomic E-state index is 12.5. The van der Waals surface area contributed by atoms with Crippen molar-refractivity contribution in [2.24, 2.45) is 0 Å². The van der Waals surface area contributed by atoms with Crippen LogP contribution in [0.5, 0.6) is 0 Å². The van der Waals surface area contributed by atoms with E-state index in [0.29, 0.717) is 11.4 Å². The molecule has 0 saturated heterocycles. The number of nitrogens with zero attached hydrogens (tertiary/aromatic N) is 4. The van der Waals surface area contributed by atoms with Crippen molar-refractivity contribution in [3.8, 4) is 11.8 Å². The average molecular weight is 316 g/mol. The zero-order valence-corrected chi connectivity index (χ0v) is 13.3. The van der Waals surface area contributed by atoms with Crippen LogP contribution in [0.2, 0.25) is 0 Å². The Balaban J connectivity index is 1.77. The van der Waals surface area contributed by atoms with E-state index in [0.717, 1.165) is 11.4 Å². The van der Waals surface area contributed by atoms with Crippen LogP contribution in [0.3, 0.4) is 0 Å². The van der Waals surface area contributed by atoms with Crippen molar-refractivity contribution >= 4 is 5.78 Å². The molecule has 118 valence electrons. The first kappa shape index (κ1) is 15.6. The molecule has 5 heteroatoms. The second kappa shape index (κ2) is 6.88. The molecule has 0 aliphatic rings. The topological polar surface area (TPSA) is 71.6 Å². The van der Waals surface area contributed by atoms with Gasteiger partial charge in [0.05, 0.1) is 29.6 Å². The lowest BCUT2D eigenvalue weighted by Crippen LogP contribution is -2.15. The normalized spacial score (nSPS) is 11.7. The van der Waals surface area contributed by atoms with Crippen molar-refractivity contribution in [2.75, 3.05) is 0 Å². The molecule has 3 aromatic rings. The predicted molar refractivity (Wildman–Crippen MR) is 89.6 cm³/mol. The number of hydrogen-bond acceptors (Lipinski definition) is 4. The van der Waals surface area contributed by atoms with Crippen molar-refractivity contribution in [3.63, 3.8) is 0 Å². The summed E-state index contributed by atoms with van der Waals surface area (Å²) in [6.07, 6.45) is 1.91. The summed E-state index contributed by atoms with van der Waals surface area (Å²) in [5.74, 6) is -1.07. The fourth-order valence-electron chi connectivity index (χ4n) is 2.49. The van der Waals surface area contributed by atoms with Gasteiger partial charge in [-0.05, 0) is 37.3 Å². The second-order valence-corrected chi connectivity index (χ2v) is 5.50. The van der Waals surface area contributed by atoms with E-state index < -0.39 is 5.92 Å². The molecular weight excluding hydrogens is 300 g/mol. The maximum Gasteiger partial charge on any atom is 0.162 e. The van der Waals surface area contributed by atoms with Crippen LogP contribution in [0.1, 0.15) is 23.0 Å². The molecule has 1 atom stereocenters. The number of ketones is 1. The van der Waals surface area contributed by atoms with E-state index in [1.165, 1.54) is 0 Å². The number of aryl methyl sites for hydroxylation is 1. The Kier molecular flexibility index (Phi) is 4.48. The number of carbonyl (C=O) groups is 1. The van der Waals surface area contributed by atoms with Gasteiger partial charge in [-0.25, -0.2) is 4.68 Å². The number of hydrogen-bond donors (Lipinski definition) is 0. The Morgan fingerprint density at radius 2 is 1.96 bits per heavy atom. The summed E-state index contributed by atoms with van der Waals surface area (Å²) in [6.45, 7) is 1.84. The predicted octanol–water partition coefficient (Wildman–Crippen LogP) is 2.99. The van der Waals surface area contributed by atoms with Crippen molar-refractivity contribution < 1.29 is 4.79 Å². The van der Waals surface area contributed by atoms with Crippen molar-refractivity contribution in [3.05, 3.63) is 77.9 Å². The van der Waals surface area contributed by atoms with Gasteiger partial charge in [0.15, 0.2) is 5.78 Å². The number of rotatable bonds is 5. The lowest BCUT2D eigenvalue weighted by molar-refractivity contribution is -0.118. The molecule has 0 aliphatic heterocycles. The molecule has 1 unspecified atom stereocenters. The van der Waals surface area contributed by atoms with Gasteiger partial charge < -0.3 is 0 Å². The fourth-order valence-corrected chi connectivity index (χ4v) is 2.49. The van der Waals surface area contributed by atoms with Crippen LogP contribution in [-0.2, 0) is 11.2 Å². The Morgan fingerprint density at radius 3 is 2.67 bits per heavy atom. The summed E-state index contributed by atoms with van der Waals surface area (Å²) in [5, 5.41) is 13.8. The average Bonchev–Trinajstić information content (AvgIpc) is 3.05. The number of Topliss-reactive ketones (excluding diaryl/α,β-unsaturated/α-hetero) is 1. The first-order valence-electron chi connectivity index (χ1n) is 7.63. The highest BCUT2D eigenvalue weighted by Crippen LogP contribution is 2.17. The number of carbonyl (C=O) groups excluding carboxylic acids is 1. The van der Waals surface area contributed by atoms with Crippen molar-refractivity contribution in [2.45, 2.75) is 19.3 Å². The molecule has 0 amide bonds. The lowest BCUT2D eigenvalue weighted by atomic mass is 9.97. The van der Waals surface area contributed by atoms with Crippen molar-refractivity contribution in [1.82, 2.24) is 14.8 Å². The summed E-state index contributed by atoms with van der Waals surface area (Å²) in [4.78, 5) is 16.8. The molecule has 2 heterocycles. The summed E-state index contributed by atoms with van der Waals surface area (Å²) in [5.41, 5.74) is 2.84. The van der Waals surface area contributed by atoms with Crippen LogP contribution in [-0.4, -0.2) is 20.5 Å². The first-order valence-corrected chi connectivity index (χ1v) is 7.63. The van der Waals surface area contributed by atoms with Gasteiger partial charge in [-0.15, -0.1) is 0 Å². The quantitative estimate of drug-likeness (QED) is 0.725. The minimum atomic E-state index is -0.869. The Bertz CT molecular complexity index is 893. The van der Waals surface area contributed by atoms with Crippen LogP contribution < -0.4 is 0 Å². The van der Waals surface area contributed by atoms with Gasteiger partial charge in [-0.3, -0.25) is 9.78 Å². The summed E-state index contributed by atoms with van der Waals surface area (Å²) in [7, 11) is 0. The molecule has 0 spiro atoms. The standard InChI is InChI=1S/C19H16N4O/c1-14-6-5-9-18(21-14)17(13-20)19(24)12-15-10-11-23(22-15)16-7-3-2-4-8-16/h2-11,17H,12H2,1H3. The largest absolute Gasteiger partial charge is 0.297 e. The molecule has 0 fully saturated rings. The summed E-state index contributed by atoms with van der Waals surface area (Å²) >= 11 is 0. The third-order valence-corrected chi connectivity index (χ3v) is 3.68. The van der Waals surface area contributed by atoms with E-state index in [-0.39, 0.29) is 12.2 Å². The van der Waals surface area contributed by atoms with Gasteiger partial charge >= 0.3 is 0 Å². The molecule has 0 aliphatic carbocycles. The number of benzene rings is 1. The molecule has 0 radical (unpaired) electrons. The van der Waals surface area contributed by atoms with E-state index in [1.54, 1.807) is 22.9 Å². The molecule has 3 rings (SSSR count). The van der Waals surface area contributed by atoms with Crippen LogP contribution in [0.4, 0.5) is 0 Å². The van der Waals surface area contributed by atoms with Crippen LogP contribution in [0.15, 0.2) is 60.8 Å². The zero-order valence-electron chi connectivity index (χ0n) is 13.3. The van der Waals surface area contributed by atoms with E-state index in [2.05, 4.69) is 16.2 Å². The summed E-state index contributed by atoms with van der Waals surface area (Å²) in [6, 6.07) is 18.9. The second-order valence-electron chi connectivity index (χ2n) is 5.50. The molecule has 1 aromatic carbocycles. The lowest BCUT2D eigenvalue weighted by Gasteiger charge is -2.07. The third kappa shape index (κ3) is 3.39. The highest BCUT2D eigenvalue weighted by Gasteiger charge is 2.22. The van der Waals surface area contributed by atoms with Gasteiger partial charge in [-0.2, -0.15) is 10.4 Å². The molecular formula is C19H16N4O. The number of para-hydroxylation sites is 1. The number of nitriles is 1. The fraction of sp³-hybridized carbons (Fsp3) is 0.158. The van der Waals surface area contributed by atoms with Crippen molar-refractivity contribution in [1.29, 1.82) is 5.26 Å². The molecule has 5 nitrogen and oxygen atoms in total. The molecule has 0 bridgehead atoms. The SMILES string of the molecule is Cc1cccc(C(C#N)C(=O)Cc2ccn(-c3ccccc3)n2)n1. The van der Waals surface area contributed by atoms with Gasteiger partial charge in [0.1, 0.15) is 5.92 Å².